The molecule has 1 amide bonds. The minimum Gasteiger partial charge on any atom is -0.454 e. The third-order valence-corrected chi connectivity index (χ3v) is 4.92. The van der Waals surface area contributed by atoms with Crippen LogP contribution in [0.15, 0.2) is 35.5 Å². The molecule has 1 aliphatic rings. The molecular formula is C16H11Cl2N3O3S. The number of rotatable bonds is 4. The van der Waals surface area contributed by atoms with Gasteiger partial charge in [-0.15, -0.1) is 0 Å². The number of imidazole rings is 1. The van der Waals surface area contributed by atoms with E-state index >= 15 is 0 Å². The Morgan fingerprint density at radius 3 is 2.88 bits per heavy atom. The van der Waals surface area contributed by atoms with E-state index in [2.05, 4.69) is 15.3 Å². The van der Waals surface area contributed by atoms with Crippen LogP contribution in [0.1, 0.15) is 0 Å². The smallest absolute Gasteiger partial charge is 0.234 e. The third kappa shape index (κ3) is 3.49. The van der Waals surface area contributed by atoms with E-state index in [0.29, 0.717) is 32.4 Å². The Balaban J connectivity index is 1.42. The number of aromatic amines is 1. The number of anilines is 1. The number of amides is 1. The Morgan fingerprint density at radius 1 is 1.24 bits per heavy atom. The van der Waals surface area contributed by atoms with Crippen molar-refractivity contribution in [2.75, 3.05) is 17.9 Å². The van der Waals surface area contributed by atoms with E-state index < -0.39 is 0 Å². The Labute approximate surface area is 156 Å². The Morgan fingerprint density at radius 2 is 2.04 bits per heavy atom. The van der Waals surface area contributed by atoms with E-state index in [4.69, 9.17) is 32.7 Å². The van der Waals surface area contributed by atoms with Gasteiger partial charge in [-0.2, -0.15) is 0 Å². The molecule has 9 heteroatoms. The summed E-state index contributed by atoms with van der Waals surface area (Å²) in [6.07, 6.45) is 0. The van der Waals surface area contributed by atoms with Crippen LogP contribution >= 0.6 is 35.0 Å². The quantitative estimate of drug-likeness (QED) is 0.642. The molecule has 1 aliphatic heterocycles. The normalized spacial score (nSPS) is 12.6. The zero-order valence-electron chi connectivity index (χ0n) is 12.6. The highest BCUT2D eigenvalue weighted by Gasteiger charge is 2.18. The Bertz CT molecular complexity index is 977. The van der Waals surface area contributed by atoms with Crippen LogP contribution in [-0.4, -0.2) is 28.4 Å². The van der Waals surface area contributed by atoms with Gasteiger partial charge in [0.05, 0.1) is 27.5 Å². The fourth-order valence-corrected chi connectivity index (χ4v) is 3.42. The lowest BCUT2D eigenvalue weighted by molar-refractivity contribution is -0.113. The van der Waals surface area contributed by atoms with Crippen molar-refractivity contribution in [3.05, 3.63) is 40.4 Å². The predicted molar refractivity (Wildman–Crippen MR) is 98.0 cm³/mol. The standard InChI is InChI=1S/C16H11Cl2N3O3S/c17-8-1-2-10-12(3-8)21-16(20-10)25-6-15(22)19-11-5-14-13(4-9(11)18)23-7-24-14/h1-5H,6-7H2,(H,19,22)(H,20,21). The van der Waals surface area contributed by atoms with Gasteiger partial charge in [0.15, 0.2) is 16.7 Å². The second-order valence-electron chi connectivity index (χ2n) is 5.23. The van der Waals surface area contributed by atoms with Gasteiger partial charge in [0.2, 0.25) is 12.7 Å². The van der Waals surface area contributed by atoms with Crippen molar-refractivity contribution >= 4 is 57.6 Å². The summed E-state index contributed by atoms with van der Waals surface area (Å²) in [7, 11) is 0. The summed E-state index contributed by atoms with van der Waals surface area (Å²) < 4.78 is 10.5. The number of fused-ring (bicyclic) bond motifs is 2. The number of hydrogen-bond acceptors (Lipinski definition) is 5. The number of carbonyl (C=O) groups excluding carboxylic acids is 1. The number of nitrogens with one attached hydrogen (secondary N) is 2. The van der Waals surface area contributed by atoms with Gasteiger partial charge in [0, 0.05) is 17.2 Å². The molecule has 0 saturated carbocycles. The summed E-state index contributed by atoms with van der Waals surface area (Å²) in [5.74, 6) is 1.10. The molecule has 4 rings (SSSR count). The maximum atomic E-state index is 12.2. The second kappa shape index (κ2) is 6.67. The molecule has 0 spiro atoms. The molecule has 2 N–H and O–H groups in total. The van der Waals surface area contributed by atoms with E-state index in [9.17, 15) is 4.79 Å². The first-order valence-corrected chi connectivity index (χ1v) is 9.00. The molecule has 0 atom stereocenters. The van der Waals surface area contributed by atoms with Crippen LogP contribution in [0.3, 0.4) is 0 Å². The first-order valence-electron chi connectivity index (χ1n) is 7.25. The lowest BCUT2D eigenvalue weighted by atomic mass is 10.2. The molecule has 0 unspecified atom stereocenters. The van der Waals surface area contributed by atoms with Gasteiger partial charge in [-0.1, -0.05) is 35.0 Å². The first-order chi connectivity index (χ1) is 12.1. The monoisotopic (exact) mass is 395 g/mol. The maximum absolute atomic E-state index is 12.2. The number of carbonyl (C=O) groups is 1. The van der Waals surface area contributed by atoms with Crippen molar-refractivity contribution in [3.63, 3.8) is 0 Å². The molecule has 0 fully saturated rings. The van der Waals surface area contributed by atoms with Gasteiger partial charge in [-0.05, 0) is 18.2 Å². The average Bonchev–Trinajstić information content (AvgIpc) is 3.18. The van der Waals surface area contributed by atoms with Crippen molar-refractivity contribution in [2.24, 2.45) is 0 Å². The van der Waals surface area contributed by atoms with Gasteiger partial charge in [0.25, 0.3) is 0 Å². The Kier molecular flexibility index (Phi) is 4.37. The summed E-state index contributed by atoms with van der Waals surface area (Å²) in [5.41, 5.74) is 2.10. The summed E-state index contributed by atoms with van der Waals surface area (Å²) >= 11 is 13.4. The number of benzene rings is 2. The van der Waals surface area contributed by atoms with Crippen molar-refractivity contribution in [3.8, 4) is 11.5 Å². The van der Waals surface area contributed by atoms with Gasteiger partial charge in [0.1, 0.15) is 0 Å². The van der Waals surface area contributed by atoms with Crippen molar-refractivity contribution in [1.29, 1.82) is 0 Å². The molecule has 0 aliphatic carbocycles. The van der Waals surface area contributed by atoms with Gasteiger partial charge < -0.3 is 19.8 Å². The van der Waals surface area contributed by atoms with Crippen molar-refractivity contribution < 1.29 is 14.3 Å². The number of ether oxygens (including phenoxy) is 2. The molecule has 0 bridgehead atoms. The lowest BCUT2D eigenvalue weighted by Gasteiger charge is -2.07. The molecule has 1 aromatic heterocycles. The Hall–Kier alpha value is -2.09. The summed E-state index contributed by atoms with van der Waals surface area (Å²) in [4.78, 5) is 19.7. The molecule has 0 radical (unpaired) electrons. The molecule has 2 heterocycles. The largest absolute Gasteiger partial charge is 0.454 e. The average molecular weight is 396 g/mol. The van der Waals surface area contributed by atoms with E-state index in [1.807, 2.05) is 6.07 Å². The topological polar surface area (TPSA) is 76.2 Å². The number of hydrogen-bond donors (Lipinski definition) is 2. The zero-order chi connectivity index (χ0) is 17.4. The van der Waals surface area contributed by atoms with Crippen LogP contribution in [0.25, 0.3) is 11.0 Å². The minimum absolute atomic E-state index is 0.148. The number of thioether (sulfide) groups is 1. The zero-order valence-corrected chi connectivity index (χ0v) is 15.0. The number of nitrogens with zero attached hydrogens (tertiary/aromatic N) is 1. The first kappa shape index (κ1) is 16.4. The van der Waals surface area contributed by atoms with Crippen molar-refractivity contribution in [1.82, 2.24) is 9.97 Å². The summed E-state index contributed by atoms with van der Waals surface area (Å²) in [6, 6.07) is 8.66. The highest BCUT2D eigenvalue weighted by Crippen LogP contribution is 2.39. The van der Waals surface area contributed by atoms with Crippen LogP contribution < -0.4 is 14.8 Å². The molecule has 3 aromatic rings. The van der Waals surface area contributed by atoms with Crippen LogP contribution in [0.2, 0.25) is 10.0 Å². The van der Waals surface area contributed by atoms with E-state index in [0.717, 1.165) is 11.0 Å². The second-order valence-corrected chi connectivity index (χ2v) is 7.03. The molecule has 128 valence electrons. The molecule has 0 saturated heterocycles. The van der Waals surface area contributed by atoms with Crippen LogP contribution in [0, 0.1) is 0 Å². The van der Waals surface area contributed by atoms with E-state index in [1.165, 1.54) is 11.8 Å². The van der Waals surface area contributed by atoms with Gasteiger partial charge in [-0.25, -0.2) is 4.98 Å². The fourth-order valence-electron chi connectivity index (χ4n) is 2.36. The van der Waals surface area contributed by atoms with Crippen LogP contribution in [0.4, 0.5) is 5.69 Å². The minimum atomic E-state index is -0.204. The summed E-state index contributed by atoms with van der Waals surface area (Å²) in [6.45, 7) is 0.148. The maximum Gasteiger partial charge on any atom is 0.234 e. The molecule has 25 heavy (non-hydrogen) atoms. The van der Waals surface area contributed by atoms with Crippen LogP contribution in [-0.2, 0) is 4.79 Å². The highest BCUT2D eigenvalue weighted by atomic mass is 35.5. The third-order valence-electron chi connectivity index (χ3n) is 3.50. The predicted octanol–water partition coefficient (Wildman–Crippen LogP) is 4.33. The molecular weight excluding hydrogens is 385 g/mol. The van der Waals surface area contributed by atoms with Gasteiger partial charge >= 0.3 is 0 Å². The number of halogens is 2. The SMILES string of the molecule is O=C(CSc1nc2ccc(Cl)cc2[nH]1)Nc1cc2c(cc1Cl)OCO2. The van der Waals surface area contributed by atoms with E-state index in [1.54, 1.807) is 24.3 Å². The highest BCUT2D eigenvalue weighted by molar-refractivity contribution is 7.99. The van der Waals surface area contributed by atoms with E-state index in [-0.39, 0.29) is 18.5 Å². The lowest BCUT2D eigenvalue weighted by Crippen LogP contribution is -2.14. The van der Waals surface area contributed by atoms with Crippen molar-refractivity contribution in [2.45, 2.75) is 5.16 Å². The number of H-pyrrole nitrogens is 1. The molecule has 6 nitrogen and oxygen atoms in total. The van der Waals surface area contributed by atoms with Crippen LogP contribution in [0.5, 0.6) is 11.5 Å². The fraction of sp³-hybridized carbons (Fsp3) is 0.125. The van der Waals surface area contributed by atoms with Gasteiger partial charge in [-0.3, -0.25) is 4.79 Å². The number of aromatic nitrogens is 2. The summed E-state index contributed by atoms with van der Waals surface area (Å²) in [5, 5.41) is 4.42. The molecule has 2 aromatic carbocycles.